The van der Waals surface area contributed by atoms with Gasteiger partial charge in [-0.15, -0.1) is 10.2 Å². The zero-order chi connectivity index (χ0) is 18.5. The van der Waals surface area contributed by atoms with Crippen molar-refractivity contribution in [1.82, 2.24) is 15.1 Å². The summed E-state index contributed by atoms with van der Waals surface area (Å²) in [6.45, 7) is 2.72. The van der Waals surface area contributed by atoms with E-state index >= 15 is 0 Å². The largest absolute Gasteiger partial charge is 0.369 e. The van der Waals surface area contributed by atoms with E-state index in [0.29, 0.717) is 37.6 Å². The van der Waals surface area contributed by atoms with E-state index in [1.807, 2.05) is 17.0 Å². The van der Waals surface area contributed by atoms with E-state index in [-0.39, 0.29) is 17.6 Å². The van der Waals surface area contributed by atoms with E-state index in [4.69, 9.17) is 17.3 Å². The minimum Gasteiger partial charge on any atom is -0.369 e. The van der Waals surface area contributed by atoms with Crippen molar-refractivity contribution < 1.29 is 9.59 Å². The van der Waals surface area contributed by atoms with Gasteiger partial charge in [-0.25, -0.2) is 0 Å². The van der Waals surface area contributed by atoms with E-state index in [1.54, 1.807) is 12.1 Å². The molecule has 1 aliphatic rings. The molecule has 1 aliphatic heterocycles. The topological polar surface area (TPSA) is 92.4 Å². The normalized spacial score (nSPS) is 14.5. The summed E-state index contributed by atoms with van der Waals surface area (Å²) in [6.07, 6.45) is 0.379. The van der Waals surface area contributed by atoms with Gasteiger partial charge in [0.25, 0.3) is 0 Å². The molecule has 3 rings (SSSR count). The van der Waals surface area contributed by atoms with Crippen molar-refractivity contribution in [3.05, 3.63) is 34.9 Å². The maximum Gasteiger partial charge on any atom is 0.227 e. The molecule has 10 heteroatoms. The van der Waals surface area contributed by atoms with Gasteiger partial charge in [0.1, 0.15) is 0 Å². The van der Waals surface area contributed by atoms with Crippen molar-refractivity contribution >= 4 is 51.6 Å². The molecule has 1 saturated heterocycles. The third-order valence-corrected chi connectivity index (χ3v) is 6.30. The molecule has 138 valence electrons. The van der Waals surface area contributed by atoms with Gasteiger partial charge in [-0.2, -0.15) is 0 Å². The van der Waals surface area contributed by atoms with Gasteiger partial charge in [-0.05, 0) is 17.7 Å². The number of hydrogen-bond acceptors (Lipinski definition) is 7. The molecule has 1 fully saturated rings. The van der Waals surface area contributed by atoms with Gasteiger partial charge in [0.2, 0.25) is 16.9 Å². The number of carbonyl (C=O) groups is 2. The summed E-state index contributed by atoms with van der Waals surface area (Å²) in [5.74, 6) is -0.0665. The fraction of sp³-hybridized carbons (Fsp3) is 0.375. The van der Waals surface area contributed by atoms with Crippen molar-refractivity contribution in [3.8, 4) is 0 Å². The smallest absolute Gasteiger partial charge is 0.227 e. The number of hydrogen-bond donors (Lipinski definition) is 1. The summed E-state index contributed by atoms with van der Waals surface area (Å²) >= 11 is 8.60. The number of rotatable bonds is 6. The lowest BCUT2D eigenvalue weighted by molar-refractivity contribution is -0.130. The quantitative estimate of drug-likeness (QED) is 0.727. The van der Waals surface area contributed by atoms with Crippen LogP contribution in [0.1, 0.15) is 5.56 Å². The zero-order valence-electron chi connectivity index (χ0n) is 13.9. The lowest BCUT2D eigenvalue weighted by Crippen LogP contribution is -2.49. The maximum absolute atomic E-state index is 12.5. The molecule has 2 aromatic rings. The Morgan fingerprint density at radius 2 is 1.85 bits per heavy atom. The summed E-state index contributed by atoms with van der Waals surface area (Å²) < 4.78 is 0.722. The van der Waals surface area contributed by atoms with Gasteiger partial charge < -0.3 is 15.5 Å². The SMILES string of the molecule is NC(=O)CSc1nnc(N2CCN(C(=O)Cc3ccc(Cl)cc3)CC2)s1. The number of carbonyl (C=O) groups excluding carboxylic acids is 2. The Bertz CT molecular complexity index is 775. The molecule has 1 aromatic heterocycles. The number of thioether (sulfide) groups is 1. The van der Waals surface area contributed by atoms with Crippen molar-refractivity contribution in [1.29, 1.82) is 0 Å². The predicted molar refractivity (Wildman–Crippen MR) is 104 cm³/mol. The van der Waals surface area contributed by atoms with Crippen LogP contribution in [0.5, 0.6) is 0 Å². The molecule has 0 spiro atoms. The number of halogens is 1. The highest BCUT2D eigenvalue weighted by molar-refractivity contribution is 8.01. The Kier molecular flexibility index (Phi) is 6.33. The molecule has 2 amide bonds. The minimum atomic E-state index is -0.375. The molecule has 0 saturated carbocycles. The van der Waals surface area contributed by atoms with E-state index in [1.165, 1.54) is 23.1 Å². The van der Waals surface area contributed by atoms with Crippen molar-refractivity contribution in [3.63, 3.8) is 0 Å². The maximum atomic E-state index is 12.5. The molecular weight excluding hydrogens is 394 g/mol. The van der Waals surface area contributed by atoms with Gasteiger partial charge in [-0.3, -0.25) is 9.59 Å². The van der Waals surface area contributed by atoms with Gasteiger partial charge in [-0.1, -0.05) is 46.8 Å². The highest BCUT2D eigenvalue weighted by atomic mass is 35.5. The summed E-state index contributed by atoms with van der Waals surface area (Å²) in [7, 11) is 0. The number of piperazine rings is 1. The van der Waals surface area contributed by atoms with Crippen LogP contribution in [0.25, 0.3) is 0 Å². The van der Waals surface area contributed by atoms with Crippen LogP contribution in [0, 0.1) is 0 Å². The Balaban J connectivity index is 1.50. The molecule has 0 aliphatic carbocycles. The molecule has 1 aromatic carbocycles. The van der Waals surface area contributed by atoms with Crippen LogP contribution in [0.15, 0.2) is 28.6 Å². The lowest BCUT2D eigenvalue weighted by Gasteiger charge is -2.34. The fourth-order valence-corrected chi connectivity index (χ4v) is 4.31. The number of benzene rings is 1. The number of primary amides is 1. The van der Waals surface area contributed by atoms with E-state index in [0.717, 1.165) is 15.0 Å². The number of aromatic nitrogens is 2. The summed E-state index contributed by atoms with van der Waals surface area (Å²) in [4.78, 5) is 27.3. The van der Waals surface area contributed by atoms with Gasteiger partial charge in [0.15, 0.2) is 4.34 Å². The van der Waals surface area contributed by atoms with Gasteiger partial charge in [0.05, 0.1) is 12.2 Å². The molecular formula is C16H18ClN5O2S2. The first-order valence-electron chi connectivity index (χ1n) is 8.03. The first-order chi connectivity index (χ1) is 12.5. The Morgan fingerprint density at radius 3 is 2.50 bits per heavy atom. The average Bonchev–Trinajstić information content (AvgIpc) is 3.11. The van der Waals surface area contributed by atoms with Crippen molar-refractivity contribution in [2.45, 2.75) is 10.8 Å². The lowest BCUT2D eigenvalue weighted by atomic mass is 10.1. The van der Waals surface area contributed by atoms with Crippen LogP contribution in [-0.4, -0.2) is 58.8 Å². The van der Waals surface area contributed by atoms with E-state index in [9.17, 15) is 9.59 Å². The molecule has 26 heavy (non-hydrogen) atoms. The van der Waals surface area contributed by atoms with Crippen LogP contribution >= 0.6 is 34.7 Å². The van der Waals surface area contributed by atoms with Crippen LogP contribution < -0.4 is 10.6 Å². The molecule has 7 nitrogen and oxygen atoms in total. The third-order valence-electron chi connectivity index (χ3n) is 3.91. The Labute approximate surface area is 164 Å². The number of amides is 2. The van der Waals surface area contributed by atoms with Crippen molar-refractivity contribution in [2.75, 3.05) is 36.8 Å². The standard InChI is InChI=1S/C16H18ClN5O2S2/c17-12-3-1-11(2-4-12)9-14(24)21-5-7-22(8-6-21)15-19-20-16(26-15)25-10-13(18)23/h1-4H,5-10H2,(H2,18,23). The highest BCUT2D eigenvalue weighted by Crippen LogP contribution is 2.28. The van der Waals surface area contributed by atoms with Gasteiger partial charge >= 0.3 is 0 Å². The molecule has 0 atom stereocenters. The summed E-state index contributed by atoms with van der Waals surface area (Å²) in [5, 5.41) is 9.71. The van der Waals surface area contributed by atoms with E-state index in [2.05, 4.69) is 15.1 Å². The Morgan fingerprint density at radius 1 is 1.15 bits per heavy atom. The first-order valence-corrected chi connectivity index (χ1v) is 10.2. The first kappa shape index (κ1) is 18.9. The third kappa shape index (κ3) is 5.09. The minimum absolute atomic E-state index is 0.113. The van der Waals surface area contributed by atoms with Crippen LogP contribution in [0.3, 0.4) is 0 Å². The summed E-state index contributed by atoms with van der Waals surface area (Å²) in [5.41, 5.74) is 6.10. The second-order valence-electron chi connectivity index (χ2n) is 5.78. The fourth-order valence-electron chi connectivity index (χ4n) is 2.56. The van der Waals surface area contributed by atoms with Gasteiger partial charge in [0, 0.05) is 31.2 Å². The van der Waals surface area contributed by atoms with Crippen LogP contribution in [-0.2, 0) is 16.0 Å². The van der Waals surface area contributed by atoms with Crippen LogP contribution in [0.4, 0.5) is 5.13 Å². The predicted octanol–water partition coefficient (Wildman–Crippen LogP) is 1.66. The van der Waals surface area contributed by atoms with Crippen LogP contribution in [0.2, 0.25) is 5.02 Å². The van der Waals surface area contributed by atoms with E-state index < -0.39 is 0 Å². The number of nitrogens with zero attached hydrogens (tertiary/aromatic N) is 4. The molecule has 0 radical (unpaired) electrons. The second-order valence-corrected chi connectivity index (χ2v) is 8.39. The molecule has 2 heterocycles. The monoisotopic (exact) mass is 411 g/mol. The highest BCUT2D eigenvalue weighted by Gasteiger charge is 2.23. The summed E-state index contributed by atoms with van der Waals surface area (Å²) in [6, 6.07) is 7.35. The molecule has 2 N–H and O–H groups in total. The molecule has 0 unspecified atom stereocenters. The Hall–Kier alpha value is -1.84. The molecule has 0 bridgehead atoms. The van der Waals surface area contributed by atoms with Crippen molar-refractivity contribution in [2.24, 2.45) is 5.73 Å². The number of nitrogens with two attached hydrogens (primary N) is 1. The number of anilines is 1. The zero-order valence-corrected chi connectivity index (χ0v) is 16.3. The second kappa shape index (κ2) is 8.70. The average molecular weight is 412 g/mol.